The van der Waals surface area contributed by atoms with Crippen LogP contribution in [-0.2, 0) is 0 Å². The van der Waals surface area contributed by atoms with Crippen LogP contribution >= 0.6 is 0 Å². The molecule has 3 saturated heterocycles. The number of halogens is 3. The van der Waals surface area contributed by atoms with Gasteiger partial charge in [0.2, 0.25) is 5.88 Å². The first-order valence-electron chi connectivity index (χ1n) is 13.8. The van der Waals surface area contributed by atoms with Crippen molar-refractivity contribution in [2.75, 3.05) is 31.7 Å². The first-order chi connectivity index (χ1) is 20.4. The molecule has 1 N–H and O–H groups in total. The number of alkyl halides is 3. The van der Waals surface area contributed by atoms with E-state index in [2.05, 4.69) is 21.1 Å². The Balaban J connectivity index is 1.23. The van der Waals surface area contributed by atoms with Crippen LogP contribution < -0.4 is 14.4 Å². The molecule has 3 aliphatic rings. The predicted octanol–water partition coefficient (Wildman–Crippen LogP) is 4.39. The normalized spacial score (nSPS) is 19.5. The minimum absolute atomic E-state index is 0.0555. The van der Waals surface area contributed by atoms with Crippen LogP contribution in [0.5, 0.6) is 11.6 Å². The lowest BCUT2D eigenvalue weighted by atomic mass is 9.83. The lowest BCUT2D eigenvalue weighted by Crippen LogP contribution is -2.70. The summed E-state index contributed by atoms with van der Waals surface area (Å²) < 4.78 is 55.3. The second-order valence-corrected chi connectivity index (χ2v) is 11.5. The molecule has 2 bridgehead atoms. The van der Waals surface area contributed by atoms with Crippen LogP contribution in [0.3, 0.4) is 0 Å². The fourth-order valence-corrected chi connectivity index (χ4v) is 5.92. The van der Waals surface area contributed by atoms with Crippen LogP contribution in [0.15, 0.2) is 55.1 Å². The lowest BCUT2D eigenvalue weighted by Gasteiger charge is -2.59. The third kappa shape index (κ3) is 5.55. The molecule has 0 aliphatic carbocycles. The monoisotopic (exact) mass is 593 g/mol. The third-order valence-electron chi connectivity index (χ3n) is 7.82. The number of hydrogen-bond acceptors (Lipinski definition) is 9. The maximum Gasteiger partial charge on any atom is 0.408 e. The van der Waals surface area contributed by atoms with Crippen molar-refractivity contribution < 1.29 is 27.8 Å². The molecule has 13 heteroatoms. The average molecular weight is 594 g/mol. The number of piperidine rings is 1. The van der Waals surface area contributed by atoms with E-state index >= 15 is 0 Å². The van der Waals surface area contributed by atoms with Crippen molar-refractivity contribution in [1.29, 1.82) is 5.26 Å². The summed E-state index contributed by atoms with van der Waals surface area (Å²) in [6.45, 7) is 4.15. The van der Waals surface area contributed by atoms with E-state index in [1.54, 1.807) is 41.7 Å². The van der Waals surface area contributed by atoms with Gasteiger partial charge in [-0.15, -0.1) is 0 Å². The van der Waals surface area contributed by atoms with Crippen LogP contribution in [0.2, 0.25) is 0 Å². The standard InChI is InChI=1S/C30H30F3N7O3/c1-29(2,41)17-43-23-9-24(27-20(10-34)13-37-39(27)16-23)18-4-6-25(35-11-18)38-14-21-8-22(15-38)40(21)28(30(31,32)33)19-5-7-26(42-3)36-12-19/h4-7,9,11-13,16,21-22,28,41H,8,14-15,17H2,1-3H3/t21?,22?,28-/m0/s1. The number of fused-ring (bicyclic) bond motifs is 3. The first kappa shape index (κ1) is 28.7. The summed E-state index contributed by atoms with van der Waals surface area (Å²) in [7, 11) is 1.42. The van der Waals surface area contributed by atoms with Gasteiger partial charge in [-0.05, 0) is 44.0 Å². The van der Waals surface area contributed by atoms with Crippen molar-refractivity contribution in [3.05, 3.63) is 66.2 Å². The van der Waals surface area contributed by atoms with Crippen molar-refractivity contribution in [2.45, 2.75) is 50.2 Å². The van der Waals surface area contributed by atoms with Gasteiger partial charge in [-0.25, -0.2) is 14.5 Å². The lowest BCUT2D eigenvalue weighted by molar-refractivity contribution is -0.220. The fourth-order valence-electron chi connectivity index (χ4n) is 5.92. The Labute approximate surface area is 245 Å². The quantitative estimate of drug-likeness (QED) is 0.318. The number of pyridine rings is 3. The molecule has 7 heterocycles. The summed E-state index contributed by atoms with van der Waals surface area (Å²) in [5.74, 6) is 1.39. The summed E-state index contributed by atoms with van der Waals surface area (Å²) in [4.78, 5) is 12.2. The molecule has 10 nitrogen and oxygen atoms in total. The van der Waals surface area contributed by atoms with E-state index in [0.29, 0.717) is 53.3 Å². The van der Waals surface area contributed by atoms with E-state index in [0.717, 1.165) is 0 Å². The van der Waals surface area contributed by atoms with Crippen LogP contribution in [-0.4, -0.2) is 80.3 Å². The van der Waals surface area contributed by atoms with Crippen molar-refractivity contribution >= 4 is 11.3 Å². The molecule has 0 radical (unpaired) electrons. The Kier molecular flexibility index (Phi) is 7.14. The highest BCUT2D eigenvalue weighted by Gasteiger charge is 2.56. The van der Waals surface area contributed by atoms with E-state index < -0.39 is 17.8 Å². The van der Waals surface area contributed by atoms with Crippen LogP contribution in [0.25, 0.3) is 16.6 Å². The maximum absolute atomic E-state index is 14.3. The van der Waals surface area contributed by atoms with E-state index in [9.17, 15) is 23.5 Å². The van der Waals surface area contributed by atoms with E-state index in [4.69, 9.17) is 9.47 Å². The number of nitriles is 1. The topological polar surface area (TPSA) is 112 Å². The van der Waals surface area contributed by atoms with Gasteiger partial charge >= 0.3 is 6.18 Å². The summed E-state index contributed by atoms with van der Waals surface area (Å²) >= 11 is 0. The van der Waals surface area contributed by atoms with Gasteiger partial charge in [0.15, 0.2) is 0 Å². The number of hydrogen-bond donors (Lipinski definition) is 1. The Bertz CT molecular complexity index is 1650. The molecule has 43 heavy (non-hydrogen) atoms. The molecule has 4 aromatic rings. The van der Waals surface area contributed by atoms with Gasteiger partial charge in [0.05, 0.1) is 36.2 Å². The zero-order valence-corrected chi connectivity index (χ0v) is 23.8. The molecule has 3 aliphatic heterocycles. The Morgan fingerprint density at radius 1 is 1.09 bits per heavy atom. The van der Waals surface area contributed by atoms with E-state index in [-0.39, 0.29) is 30.1 Å². The summed E-state index contributed by atoms with van der Waals surface area (Å²) in [6.07, 6.45) is 2.26. The number of piperazine rings is 1. The van der Waals surface area contributed by atoms with Crippen LogP contribution in [0.4, 0.5) is 19.0 Å². The molecular weight excluding hydrogens is 563 g/mol. The van der Waals surface area contributed by atoms with Crippen LogP contribution in [0.1, 0.15) is 37.4 Å². The second-order valence-electron chi connectivity index (χ2n) is 11.5. The highest BCUT2D eigenvalue weighted by Crippen LogP contribution is 2.47. The molecule has 0 aromatic carbocycles. The van der Waals surface area contributed by atoms with Crippen LogP contribution in [0, 0.1) is 11.3 Å². The highest BCUT2D eigenvalue weighted by atomic mass is 19.4. The van der Waals surface area contributed by atoms with Gasteiger partial charge in [-0.1, -0.05) is 6.07 Å². The number of aromatic nitrogens is 4. The second kappa shape index (κ2) is 10.7. The average Bonchev–Trinajstić information content (AvgIpc) is 3.41. The van der Waals surface area contributed by atoms with Gasteiger partial charge in [-0.3, -0.25) is 4.90 Å². The molecular formula is C30H30F3N7O3. The zero-order valence-electron chi connectivity index (χ0n) is 23.8. The number of rotatable bonds is 8. The zero-order chi connectivity index (χ0) is 30.5. The smallest absolute Gasteiger partial charge is 0.408 e. The van der Waals surface area contributed by atoms with E-state index in [1.165, 1.54) is 31.6 Å². The number of methoxy groups -OCH3 is 1. The van der Waals surface area contributed by atoms with Gasteiger partial charge in [0.1, 0.15) is 30.3 Å². The number of anilines is 1. The SMILES string of the molecule is COc1ccc([C@H](N2C3CC2CN(c2ccc(-c4cc(OCC(C)(C)O)cn5ncc(C#N)c45)cn2)C3)C(F)(F)F)cn1. The number of aliphatic hydroxyl groups is 1. The molecule has 7 rings (SSSR count). The molecule has 0 saturated carbocycles. The minimum atomic E-state index is -4.46. The molecule has 4 aromatic heterocycles. The maximum atomic E-state index is 14.3. The summed E-state index contributed by atoms with van der Waals surface area (Å²) in [5, 5.41) is 24.0. The molecule has 0 spiro atoms. The summed E-state index contributed by atoms with van der Waals surface area (Å²) in [6, 6.07) is 8.20. The molecule has 2 unspecified atom stereocenters. The van der Waals surface area contributed by atoms with E-state index in [1.807, 2.05) is 17.0 Å². The number of ether oxygens (including phenoxy) is 2. The van der Waals surface area contributed by atoms with Crippen molar-refractivity contribution in [1.82, 2.24) is 24.5 Å². The van der Waals surface area contributed by atoms with Gasteiger partial charge in [0, 0.05) is 54.8 Å². The van der Waals surface area contributed by atoms with Crippen molar-refractivity contribution in [3.8, 4) is 28.8 Å². The molecule has 0 amide bonds. The highest BCUT2D eigenvalue weighted by molar-refractivity contribution is 5.85. The Hall–Kier alpha value is -4.41. The van der Waals surface area contributed by atoms with Gasteiger partial charge < -0.3 is 19.5 Å². The minimum Gasteiger partial charge on any atom is -0.489 e. The Morgan fingerprint density at radius 3 is 2.44 bits per heavy atom. The largest absolute Gasteiger partial charge is 0.489 e. The van der Waals surface area contributed by atoms with Gasteiger partial charge in [-0.2, -0.15) is 23.5 Å². The van der Waals surface area contributed by atoms with Crippen molar-refractivity contribution in [3.63, 3.8) is 0 Å². The summed E-state index contributed by atoms with van der Waals surface area (Å²) in [5.41, 5.74) is 1.42. The Morgan fingerprint density at radius 2 is 1.86 bits per heavy atom. The molecule has 3 atom stereocenters. The third-order valence-corrected chi connectivity index (χ3v) is 7.82. The first-order valence-corrected chi connectivity index (χ1v) is 13.8. The fraction of sp³-hybridized carbons (Fsp3) is 0.400. The number of nitrogens with zero attached hydrogens (tertiary/aromatic N) is 7. The molecule has 224 valence electrons. The van der Waals surface area contributed by atoms with Crippen molar-refractivity contribution in [2.24, 2.45) is 0 Å². The van der Waals surface area contributed by atoms with Gasteiger partial charge in [0.25, 0.3) is 0 Å². The molecule has 3 fully saturated rings. The predicted molar refractivity (Wildman–Crippen MR) is 151 cm³/mol.